The second kappa shape index (κ2) is 7.23. The number of rotatable bonds is 5. The number of fused-ring (bicyclic) bond motifs is 1. The molecule has 3 rings (SSSR count). The summed E-state index contributed by atoms with van der Waals surface area (Å²) >= 11 is 9.12. The van der Waals surface area contributed by atoms with Crippen molar-refractivity contribution in [3.05, 3.63) is 72.9 Å². The highest BCUT2D eigenvalue weighted by molar-refractivity contribution is 9.10. The first kappa shape index (κ1) is 16.8. The minimum atomic E-state index is -0.665. The van der Waals surface area contributed by atoms with Gasteiger partial charge in [-0.15, -0.1) is 0 Å². The average molecular weight is 411 g/mol. The summed E-state index contributed by atoms with van der Waals surface area (Å²) in [6.45, 7) is 0.805. The maximum absolute atomic E-state index is 12.0. The highest BCUT2D eigenvalue weighted by Crippen LogP contribution is 2.17. The van der Waals surface area contributed by atoms with Gasteiger partial charge in [-0.3, -0.25) is 4.57 Å². The summed E-state index contributed by atoms with van der Waals surface area (Å²) in [6, 6.07) is 12.2. The first-order valence-electron chi connectivity index (χ1n) is 7.26. The molecule has 24 heavy (non-hydrogen) atoms. The lowest BCUT2D eigenvalue weighted by molar-refractivity contribution is 0.296. The van der Waals surface area contributed by atoms with Crippen molar-refractivity contribution in [3.8, 4) is 5.75 Å². The Labute approximate surface area is 150 Å². The van der Waals surface area contributed by atoms with E-state index in [9.17, 15) is 9.59 Å². The van der Waals surface area contributed by atoms with Crippen molar-refractivity contribution in [3.63, 3.8) is 0 Å². The van der Waals surface area contributed by atoms with Gasteiger partial charge >= 0.3 is 11.4 Å². The van der Waals surface area contributed by atoms with E-state index < -0.39 is 11.4 Å². The molecule has 0 atom stereocenters. The predicted molar refractivity (Wildman–Crippen MR) is 96.0 cm³/mol. The van der Waals surface area contributed by atoms with Crippen LogP contribution < -0.4 is 16.1 Å². The molecular weight excluding hydrogens is 398 g/mol. The number of halogens is 2. The maximum atomic E-state index is 12.0. The molecule has 2 aromatic carbocycles. The van der Waals surface area contributed by atoms with Gasteiger partial charge in [-0.25, -0.2) is 9.59 Å². The van der Waals surface area contributed by atoms with Crippen LogP contribution in [0.15, 0.2) is 60.9 Å². The van der Waals surface area contributed by atoms with E-state index in [0.717, 1.165) is 4.47 Å². The molecule has 1 heterocycles. The van der Waals surface area contributed by atoms with Gasteiger partial charge in [0.05, 0.1) is 17.5 Å². The fraction of sp³-hybridized carbons (Fsp3) is 0.176. The molecule has 0 saturated heterocycles. The summed E-state index contributed by atoms with van der Waals surface area (Å²) in [5, 5.41) is 1.01. The summed E-state index contributed by atoms with van der Waals surface area (Å²) in [6.07, 6.45) is 0.585. The van der Waals surface area contributed by atoms with Crippen LogP contribution in [0.3, 0.4) is 0 Å². The van der Waals surface area contributed by atoms with Crippen LogP contribution >= 0.6 is 27.5 Å². The second-order valence-corrected chi connectivity index (χ2v) is 6.48. The Kier molecular flexibility index (Phi) is 5.06. The predicted octanol–water partition coefficient (Wildman–Crippen LogP) is 3.84. The molecule has 5 nitrogen and oxygen atoms in total. The number of hydrogen-bond acceptors (Lipinski definition) is 4. The summed E-state index contributed by atoms with van der Waals surface area (Å²) in [4.78, 5) is 23.8. The van der Waals surface area contributed by atoms with Crippen LogP contribution in [0.2, 0.25) is 5.02 Å². The molecule has 7 heteroatoms. The molecule has 0 aliphatic heterocycles. The Morgan fingerprint density at radius 3 is 2.62 bits per heavy atom. The Morgan fingerprint density at radius 2 is 1.88 bits per heavy atom. The van der Waals surface area contributed by atoms with Crippen molar-refractivity contribution in [1.29, 1.82) is 0 Å². The minimum absolute atomic E-state index is 0.364. The van der Waals surface area contributed by atoms with Gasteiger partial charge in [-0.2, -0.15) is 0 Å². The van der Waals surface area contributed by atoms with Crippen molar-refractivity contribution in [2.24, 2.45) is 0 Å². The fourth-order valence-corrected chi connectivity index (χ4v) is 2.84. The van der Waals surface area contributed by atoms with Crippen molar-refractivity contribution in [2.75, 3.05) is 6.61 Å². The molecule has 0 saturated carbocycles. The number of aromatic nitrogens is 1. The van der Waals surface area contributed by atoms with E-state index in [1.54, 1.807) is 42.5 Å². The molecule has 0 aliphatic rings. The average Bonchev–Trinajstić information content (AvgIpc) is 2.56. The van der Waals surface area contributed by atoms with Crippen LogP contribution in [0.5, 0.6) is 5.75 Å². The molecule has 3 aromatic rings. The lowest BCUT2D eigenvalue weighted by Gasteiger charge is -2.10. The van der Waals surface area contributed by atoms with E-state index >= 15 is 0 Å². The Morgan fingerprint density at radius 1 is 1.12 bits per heavy atom. The second-order valence-electron chi connectivity index (χ2n) is 5.12. The zero-order valence-electron chi connectivity index (χ0n) is 12.5. The largest absolute Gasteiger partial charge is 0.494 e. The number of benzene rings is 2. The summed E-state index contributed by atoms with van der Waals surface area (Å²) < 4.78 is 12.6. The van der Waals surface area contributed by atoms with E-state index in [1.165, 1.54) is 4.57 Å². The highest BCUT2D eigenvalue weighted by Gasteiger charge is 2.09. The van der Waals surface area contributed by atoms with Crippen molar-refractivity contribution < 1.29 is 9.15 Å². The highest BCUT2D eigenvalue weighted by atomic mass is 79.9. The maximum Gasteiger partial charge on any atom is 0.422 e. The van der Waals surface area contributed by atoms with Crippen LogP contribution in [-0.4, -0.2) is 11.2 Å². The van der Waals surface area contributed by atoms with Crippen LogP contribution in [0.1, 0.15) is 6.42 Å². The van der Waals surface area contributed by atoms with Crippen LogP contribution in [0.4, 0.5) is 0 Å². The molecule has 0 bridgehead atoms. The summed E-state index contributed by atoms with van der Waals surface area (Å²) in [5.74, 6) is 0.0430. The van der Waals surface area contributed by atoms with Gasteiger partial charge in [-0.1, -0.05) is 27.5 Å². The minimum Gasteiger partial charge on any atom is -0.494 e. The third-order valence-electron chi connectivity index (χ3n) is 3.48. The molecular formula is C17H13BrClNO4. The van der Waals surface area contributed by atoms with E-state index in [0.29, 0.717) is 41.2 Å². The first-order chi connectivity index (χ1) is 11.5. The van der Waals surface area contributed by atoms with Gasteiger partial charge in [-0.05, 0) is 48.9 Å². The zero-order chi connectivity index (χ0) is 17.1. The standard InChI is InChI=1S/C17H13BrClNO4/c18-11-2-7-15-14(10-11)16(21)24-17(22)20(15)8-1-9-23-13-5-3-12(19)4-6-13/h2-7,10H,1,8-9H2. The van der Waals surface area contributed by atoms with E-state index in [-0.39, 0.29) is 0 Å². The number of nitrogens with zero attached hydrogens (tertiary/aromatic N) is 1. The number of aryl methyl sites for hydroxylation is 1. The fourth-order valence-electron chi connectivity index (χ4n) is 2.35. The quantitative estimate of drug-likeness (QED) is 0.600. The lowest BCUT2D eigenvalue weighted by atomic mass is 10.2. The van der Waals surface area contributed by atoms with Gasteiger partial charge < -0.3 is 9.15 Å². The molecule has 0 amide bonds. The summed E-state index contributed by atoms with van der Waals surface area (Å²) in [7, 11) is 0. The molecule has 124 valence electrons. The van der Waals surface area contributed by atoms with Crippen LogP contribution in [0.25, 0.3) is 10.9 Å². The number of hydrogen-bond donors (Lipinski definition) is 0. The van der Waals surface area contributed by atoms with E-state index in [1.807, 2.05) is 0 Å². The Hall–Kier alpha value is -2.05. The van der Waals surface area contributed by atoms with Gasteiger partial charge in [0.1, 0.15) is 5.75 Å². The SMILES string of the molecule is O=c1oc(=O)n(CCCOc2ccc(Cl)cc2)c2ccc(Br)cc12. The van der Waals surface area contributed by atoms with Crippen molar-refractivity contribution >= 4 is 38.4 Å². The first-order valence-corrected chi connectivity index (χ1v) is 8.43. The molecule has 1 aromatic heterocycles. The third kappa shape index (κ3) is 3.71. The third-order valence-corrected chi connectivity index (χ3v) is 4.22. The molecule has 0 aliphatic carbocycles. The van der Waals surface area contributed by atoms with Crippen LogP contribution in [-0.2, 0) is 6.54 Å². The molecule has 0 unspecified atom stereocenters. The molecule has 0 fully saturated rings. The Balaban J connectivity index is 1.74. The van der Waals surface area contributed by atoms with E-state index in [4.69, 9.17) is 20.8 Å². The zero-order valence-corrected chi connectivity index (χ0v) is 14.8. The normalized spacial score (nSPS) is 10.9. The van der Waals surface area contributed by atoms with Crippen LogP contribution in [0, 0.1) is 0 Å². The van der Waals surface area contributed by atoms with Crippen molar-refractivity contribution in [2.45, 2.75) is 13.0 Å². The smallest absolute Gasteiger partial charge is 0.422 e. The van der Waals surface area contributed by atoms with Gasteiger partial charge in [0, 0.05) is 16.0 Å². The number of ether oxygens (including phenoxy) is 1. The van der Waals surface area contributed by atoms with Gasteiger partial charge in [0.25, 0.3) is 0 Å². The molecule has 0 spiro atoms. The topological polar surface area (TPSA) is 61.4 Å². The monoisotopic (exact) mass is 409 g/mol. The van der Waals surface area contributed by atoms with Crippen molar-refractivity contribution in [1.82, 2.24) is 4.57 Å². The lowest BCUT2D eigenvalue weighted by Crippen LogP contribution is -2.25. The van der Waals surface area contributed by atoms with Gasteiger partial charge in [0.2, 0.25) is 0 Å². The molecule has 0 radical (unpaired) electrons. The summed E-state index contributed by atoms with van der Waals surface area (Å²) in [5.41, 5.74) is -0.0871. The molecule has 0 N–H and O–H groups in total. The van der Waals surface area contributed by atoms with E-state index in [2.05, 4.69) is 15.9 Å². The Bertz CT molecular complexity index is 979. The van der Waals surface area contributed by atoms with Gasteiger partial charge in [0.15, 0.2) is 0 Å².